The first-order valence-electron chi connectivity index (χ1n) is 8.15. The Morgan fingerprint density at radius 1 is 1.32 bits per heavy atom. The Bertz CT molecular complexity index is 337. The molecular formula is C16H35IN4O. The van der Waals surface area contributed by atoms with Crippen molar-refractivity contribution in [3.63, 3.8) is 0 Å². The number of hydrogen-bond donors (Lipinski definition) is 2. The average Bonchev–Trinajstić information content (AvgIpc) is 2.35. The number of hydrogen-bond acceptors (Lipinski definition) is 3. The normalized spacial score (nSPS) is 24.2. The Kier molecular flexibility index (Phi) is 9.89. The van der Waals surface area contributed by atoms with E-state index < -0.39 is 0 Å². The lowest BCUT2D eigenvalue weighted by molar-refractivity contribution is -0.0939. The Hall–Kier alpha value is -0.0800. The number of nitrogens with two attached hydrogens (primary N) is 1. The predicted octanol–water partition coefficient (Wildman–Crippen LogP) is 2.44. The fourth-order valence-corrected chi connectivity index (χ4v) is 2.60. The lowest BCUT2D eigenvalue weighted by Gasteiger charge is -2.44. The molecule has 0 aromatic carbocycles. The second-order valence-electron chi connectivity index (χ2n) is 7.29. The van der Waals surface area contributed by atoms with Crippen LogP contribution in [-0.4, -0.2) is 54.8 Å². The van der Waals surface area contributed by atoms with E-state index in [0.29, 0.717) is 18.4 Å². The molecule has 1 aliphatic heterocycles. The third kappa shape index (κ3) is 7.97. The van der Waals surface area contributed by atoms with Crippen molar-refractivity contribution >= 4 is 29.9 Å². The quantitative estimate of drug-likeness (QED) is 0.389. The maximum Gasteiger partial charge on any atom is 0.188 e. The SMILES string of the molecule is CC(C)CCNC(N)=NCC(C)(C)N1CC(C)OC(C)C1.I. The maximum absolute atomic E-state index is 5.95. The predicted molar refractivity (Wildman–Crippen MR) is 105 cm³/mol. The van der Waals surface area contributed by atoms with Crippen molar-refractivity contribution in [2.75, 3.05) is 26.2 Å². The standard InChI is InChI=1S/C16H34N4O.HI/c1-12(2)7-8-18-15(17)19-11-16(5,6)20-9-13(3)21-14(4)10-20;/h12-14H,7-11H2,1-6H3,(H3,17,18,19);1H. The van der Waals surface area contributed by atoms with Crippen molar-refractivity contribution < 1.29 is 4.74 Å². The number of rotatable bonds is 6. The minimum absolute atomic E-state index is 0. The van der Waals surface area contributed by atoms with Gasteiger partial charge < -0.3 is 15.8 Å². The van der Waals surface area contributed by atoms with E-state index in [1.54, 1.807) is 0 Å². The second-order valence-corrected chi connectivity index (χ2v) is 7.29. The first kappa shape index (κ1) is 21.9. The molecule has 0 saturated carbocycles. The van der Waals surface area contributed by atoms with Crippen LogP contribution >= 0.6 is 24.0 Å². The zero-order valence-electron chi connectivity index (χ0n) is 15.1. The van der Waals surface area contributed by atoms with Crippen molar-refractivity contribution in [1.82, 2.24) is 10.2 Å². The van der Waals surface area contributed by atoms with Gasteiger partial charge in [0.05, 0.1) is 18.8 Å². The highest BCUT2D eigenvalue weighted by Crippen LogP contribution is 2.21. The molecule has 0 aromatic rings. The summed E-state index contributed by atoms with van der Waals surface area (Å²) in [6.45, 7) is 16.6. The highest BCUT2D eigenvalue weighted by Gasteiger charge is 2.32. The van der Waals surface area contributed by atoms with E-state index in [4.69, 9.17) is 10.5 Å². The fraction of sp³-hybridized carbons (Fsp3) is 0.938. The number of halogens is 1. The monoisotopic (exact) mass is 426 g/mol. The average molecular weight is 426 g/mol. The molecular weight excluding hydrogens is 391 g/mol. The van der Waals surface area contributed by atoms with Gasteiger partial charge in [0, 0.05) is 25.2 Å². The summed E-state index contributed by atoms with van der Waals surface area (Å²) in [5.74, 6) is 1.23. The molecule has 0 spiro atoms. The van der Waals surface area contributed by atoms with E-state index in [2.05, 4.69) is 56.8 Å². The van der Waals surface area contributed by atoms with E-state index >= 15 is 0 Å². The van der Waals surface area contributed by atoms with Gasteiger partial charge in [-0.3, -0.25) is 9.89 Å². The van der Waals surface area contributed by atoms with Crippen molar-refractivity contribution in [2.24, 2.45) is 16.6 Å². The summed E-state index contributed by atoms with van der Waals surface area (Å²) in [4.78, 5) is 6.97. The van der Waals surface area contributed by atoms with E-state index in [-0.39, 0.29) is 41.7 Å². The molecule has 2 atom stereocenters. The number of morpholine rings is 1. The first-order chi connectivity index (χ1) is 9.70. The summed E-state index contributed by atoms with van der Waals surface area (Å²) >= 11 is 0. The molecule has 1 fully saturated rings. The lowest BCUT2D eigenvalue weighted by Crippen LogP contribution is -2.56. The van der Waals surface area contributed by atoms with Crippen LogP contribution in [0.4, 0.5) is 0 Å². The smallest absolute Gasteiger partial charge is 0.188 e. The van der Waals surface area contributed by atoms with Crippen LogP contribution in [0.2, 0.25) is 0 Å². The molecule has 0 aromatic heterocycles. The van der Waals surface area contributed by atoms with Crippen molar-refractivity contribution in [3.05, 3.63) is 0 Å². The third-order valence-corrected chi connectivity index (χ3v) is 3.94. The molecule has 2 unspecified atom stereocenters. The summed E-state index contributed by atoms with van der Waals surface area (Å²) in [5.41, 5.74) is 5.94. The van der Waals surface area contributed by atoms with E-state index in [1.165, 1.54) is 0 Å². The van der Waals surface area contributed by atoms with Gasteiger partial charge in [0.25, 0.3) is 0 Å². The minimum Gasteiger partial charge on any atom is -0.373 e. The molecule has 0 aliphatic carbocycles. The molecule has 132 valence electrons. The lowest BCUT2D eigenvalue weighted by atomic mass is 10.0. The Morgan fingerprint density at radius 2 is 1.86 bits per heavy atom. The van der Waals surface area contributed by atoms with Gasteiger partial charge in [-0.1, -0.05) is 13.8 Å². The molecule has 6 heteroatoms. The van der Waals surface area contributed by atoms with Gasteiger partial charge in [-0.05, 0) is 40.0 Å². The number of nitrogens with zero attached hydrogens (tertiary/aromatic N) is 2. The van der Waals surface area contributed by atoms with Gasteiger partial charge in [0.15, 0.2) is 5.96 Å². The van der Waals surface area contributed by atoms with Crippen LogP contribution in [0.25, 0.3) is 0 Å². The molecule has 0 amide bonds. The van der Waals surface area contributed by atoms with E-state index in [1.807, 2.05) is 0 Å². The van der Waals surface area contributed by atoms with Crippen LogP contribution in [0.5, 0.6) is 0 Å². The van der Waals surface area contributed by atoms with Gasteiger partial charge in [0.1, 0.15) is 0 Å². The van der Waals surface area contributed by atoms with Crippen LogP contribution in [0, 0.1) is 5.92 Å². The van der Waals surface area contributed by atoms with Gasteiger partial charge >= 0.3 is 0 Å². The summed E-state index contributed by atoms with van der Waals surface area (Å²) in [7, 11) is 0. The molecule has 1 rings (SSSR count). The number of aliphatic imine (C=N–C) groups is 1. The van der Waals surface area contributed by atoms with Crippen LogP contribution in [0.3, 0.4) is 0 Å². The zero-order valence-corrected chi connectivity index (χ0v) is 17.4. The maximum atomic E-state index is 5.95. The third-order valence-electron chi connectivity index (χ3n) is 3.94. The van der Waals surface area contributed by atoms with E-state index in [9.17, 15) is 0 Å². The first-order valence-corrected chi connectivity index (χ1v) is 8.15. The molecule has 3 N–H and O–H groups in total. The van der Waals surface area contributed by atoms with Gasteiger partial charge in [-0.15, -0.1) is 24.0 Å². The molecule has 1 heterocycles. The molecule has 1 saturated heterocycles. The van der Waals surface area contributed by atoms with Gasteiger partial charge in [-0.25, -0.2) is 0 Å². The summed E-state index contributed by atoms with van der Waals surface area (Å²) in [6.07, 6.45) is 1.66. The van der Waals surface area contributed by atoms with Crippen molar-refractivity contribution in [3.8, 4) is 0 Å². The van der Waals surface area contributed by atoms with Crippen molar-refractivity contribution in [2.45, 2.75) is 65.7 Å². The largest absolute Gasteiger partial charge is 0.373 e. The van der Waals surface area contributed by atoms with Gasteiger partial charge in [0.2, 0.25) is 0 Å². The summed E-state index contributed by atoms with van der Waals surface area (Å²) < 4.78 is 5.80. The zero-order chi connectivity index (χ0) is 16.0. The Balaban J connectivity index is 0.00000441. The fourth-order valence-electron chi connectivity index (χ4n) is 2.60. The molecule has 22 heavy (non-hydrogen) atoms. The molecule has 0 bridgehead atoms. The topological polar surface area (TPSA) is 62.9 Å². The van der Waals surface area contributed by atoms with Crippen molar-refractivity contribution in [1.29, 1.82) is 0 Å². The highest BCUT2D eigenvalue weighted by molar-refractivity contribution is 14.0. The number of ether oxygens (including phenoxy) is 1. The van der Waals surface area contributed by atoms with E-state index in [0.717, 1.165) is 26.1 Å². The molecule has 1 aliphatic rings. The number of guanidine groups is 1. The highest BCUT2D eigenvalue weighted by atomic mass is 127. The number of nitrogens with one attached hydrogen (secondary N) is 1. The Labute approximate surface area is 153 Å². The molecule has 0 radical (unpaired) electrons. The summed E-state index contributed by atoms with van der Waals surface area (Å²) in [6, 6.07) is 0. The van der Waals surface area contributed by atoms with Crippen LogP contribution < -0.4 is 11.1 Å². The summed E-state index contributed by atoms with van der Waals surface area (Å²) in [5, 5.41) is 3.19. The van der Waals surface area contributed by atoms with Crippen LogP contribution in [0.1, 0.15) is 48.0 Å². The minimum atomic E-state index is -0.00333. The second kappa shape index (κ2) is 9.93. The molecule has 5 nitrogen and oxygen atoms in total. The van der Waals surface area contributed by atoms with Crippen LogP contribution in [0.15, 0.2) is 4.99 Å². The van der Waals surface area contributed by atoms with Gasteiger partial charge in [-0.2, -0.15) is 0 Å². The van der Waals surface area contributed by atoms with Crippen LogP contribution in [-0.2, 0) is 4.74 Å². The Morgan fingerprint density at radius 3 is 2.36 bits per heavy atom.